The van der Waals surface area contributed by atoms with Crippen LogP contribution in [0.1, 0.15) is 20.8 Å². The summed E-state index contributed by atoms with van der Waals surface area (Å²) >= 11 is 0. The van der Waals surface area contributed by atoms with E-state index in [0.29, 0.717) is 0 Å². The summed E-state index contributed by atoms with van der Waals surface area (Å²) in [6.07, 6.45) is -4.61. The maximum absolute atomic E-state index is 9.81. The molecule has 0 amide bonds. The molecule has 1 saturated heterocycles. The molecule has 1 rings (SSSR count). The minimum Gasteiger partial charge on any atom is -0.394 e. The van der Waals surface area contributed by atoms with E-state index in [9.17, 15) is 15.3 Å². The van der Waals surface area contributed by atoms with Gasteiger partial charge in [-0.3, -0.25) is 0 Å². The standard InChI is InChI=1S/C10H21NO5/c1-10(2,3)11-6-8(14)7(13)5(4-12)16-9(6)15/h5-9,11-15H,4H2,1-3H3. The van der Waals surface area contributed by atoms with E-state index in [1.165, 1.54) is 0 Å². The fourth-order valence-electron chi connectivity index (χ4n) is 1.75. The van der Waals surface area contributed by atoms with Crippen LogP contribution in [0.4, 0.5) is 0 Å². The lowest BCUT2D eigenvalue weighted by Crippen LogP contribution is -2.65. The van der Waals surface area contributed by atoms with Crippen LogP contribution < -0.4 is 5.32 Å². The third-order valence-electron chi connectivity index (χ3n) is 2.50. The van der Waals surface area contributed by atoms with E-state index in [0.717, 1.165) is 0 Å². The third-order valence-corrected chi connectivity index (χ3v) is 2.50. The maximum atomic E-state index is 9.81. The summed E-state index contributed by atoms with van der Waals surface area (Å²) < 4.78 is 5.01. The van der Waals surface area contributed by atoms with Crippen molar-refractivity contribution in [3.05, 3.63) is 0 Å². The molecule has 16 heavy (non-hydrogen) atoms. The molecule has 0 bridgehead atoms. The molecule has 6 heteroatoms. The van der Waals surface area contributed by atoms with Crippen LogP contribution in [0.25, 0.3) is 0 Å². The van der Waals surface area contributed by atoms with Gasteiger partial charge in [-0.25, -0.2) is 0 Å². The zero-order valence-corrected chi connectivity index (χ0v) is 9.79. The van der Waals surface area contributed by atoms with Gasteiger partial charge in [-0.1, -0.05) is 0 Å². The fraction of sp³-hybridized carbons (Fsp3) is 1.00. The molecule has 5 atom stereocenters. The molecule has 0 aromatic rings. The largest absolute Gasteiger partial charge is 0.394 e. The molecule has 96 valence electrons. The molecule has 1 fully saturated rings. The van der Waals surface area contributed by atoms with Gasteiger partial charge < -0.3 is 30.5 Å². The van der Waals surface area contributed by atoms with Gasteiger partial charge in [0.25, 0.3) is 0 Å². The van der Waals surface area contributed by atoms with Crippen LogP contribution in [0.15, 0.2) is 0 Å². The summed E-state index contributed by atoms with van der Waals surface area (Å²) in [7, 11) is 0. The second-order valence-electron chi connectivity index (χ2n) is 5.15. The first-order chi connectivity index (χ1) is 7.26. The minimum atomic E-state index is -1.25. The number of hydrogen-bond donors (Lipinski definition) is 5. The van der Waals surface area contributed by atoms with Gasteiger partial charge in [0.1, 0.15) is 18.3 Å². The molecule has 1 aliphatic rings. The molecule has 0 saturated carbocycles. The lowest BCUT2D eigenvalue weighted by atomic mass is 9.94. The SMILES string of the molecule is CC(C)(C)NC1C(O)OC(CO)C(O)C1O. The number of rotatable bonds is 2. The van der Waals surface area contributed by atoms with Crippen molar-refractivity contribution in [1.29, 1.82) is 0 Å². The fourth-order valence-corrected chi connectivity index (χ4v) is 1.75. The molecule has 5 N–H and O–H groups in total. The van der Waals surface area contributed by atoms with Gasteiger partial charge in [0.2, 0.25) is 0 Å². The molecular formula is C10H21NO5. The van der Waals surface area contributed by atoms with Crippen LogP contribution in [0, 0.1) is 0 Å². The molecule has 1 aliphatic heterocycles. The highest BCUT2D eigenvalue weighted by Crippen LogP contribution is 2.21. The van der Waals surface area contributed by atoms with Crippen molar-refractivity contribution in [3.63, 3.8) is 0 Å². The highest BCUT2D eigenvalue weighted by molar-refractivity contribution is 4.95. The zero-order chi connectivity index (χ0) is 12.5. The Kier molecular flexibility index (Phi) is 4.28. The van der Waals surface area contributed by atoms with Crippen molar-refractivity contribution in [2.75, 3.05) is 6.61 Å². The molecule has 0 spiro atoms. The van der Waals surface area contributed by atoms with Crippen molar-refractivity contribution < 1.29 is 25.2 Å². The zero-order valence-electron chi connectivity index (χ0n) is 9.79. The second kappa shape index (κ2) is 4.95. The van der Waals surface area contributed by atoms with E-state index in [1.807, 2.05) is 20.8 Å². The van der Waals surface area contributed by atoms with Gasteiger partial charge in [-0.15, -0.1) is 0 Å². The highest BCUT2D eigenvalue weighted by Gasteiger charge is 2.44. The van der Waals surface area contributed by atoms with Crippen LogP contribution in [0.3, 0.4) is 0 Å². The average molecular weight is 235 g/mol. The van der Waals surface area contributed by atoms with Crippen LogP contribution in [0.2, 0.25) is 0 Å². The molecule has 0 aromatic carbocycles. The summed E-state index contributed by atoms with van der Waals surface area (Å²) in [5.41, 5.74) is -0.332. The van der Waals surface area contributed by atoms with E-state index in [1.54, 1.807) is 0 Å². The molecule has 5 unspecified atom stereocenters. The molecular weight excluding hydrogens is 214 g/mol. The van der Waals surface area contributed by atoms with E-state index in [2.05, 4.69) is 5.32 Å². The van der Waals surface area contributed by atoms with E-state index >= 15 is 0 Å². The Morgan fingerprint density at radius 3 is 2.12 bits per heavy atom. The first-order valence-corrected chi connectivity index (χ1v) is 5.34. The molecule has 6 nitrogen and oxygen atoms in total. The van der Waals surface area contributed by atoms with Gasteiger partial charge in [0, 0.05) is 5.54 Å². The Morgan fingerprint density at radius 1 is 1.12 bits per heavy atom. The lowest BCUT2D eigenvalue weighted by molar-refractivity contribution is -0.256. The quantitative estimate of drug-likeness (QED) is 0.386. The van der Waals surface area contributed by atoms with Crippen LogP contribution in [0.5, 0.6) is 0 Å². The smallest absolute Gasteiger partial charge is 0.173 e. The monoisotopic (exact) mass is 235 g/mol. The Bertz CT molecular complexity index is 230. The normalized spacial score (nSPS) is 41.1. The molecule has 0 aromatic heterocycles. The van der Waals surface area contributed by atoms with Crippen molar-refractivity contribution >= 4 is 0 Å². The van der Waals surface area contributed by atoms with Gasteiger partial charge in [-0.05, 0) is 20.8 Å². The second-order valence-corrected chi connectivity index (χ2v) is 5.15. The number of aliphatic hydroxyl groups excluding tert-OH is 4. The van der Waals surface area contributed by atoms with Gasteiger partial charge in [0.15, 0.2) is 6.29 Å². The summed E-state index contributed by atoms with van der Waals surface area (Å²) in [6.45, 7) is 5.17. The maximum Gasteiger partial charge on any atom is 0.173 e. The Morgan fingerprint density at radius 2 is 1.69 bits per heavy atom. The van der Waals surface area contributed by atoms with Crippen molar-refractivity contribution in [3.8, 4) is 0 Å². The van der Waals surface area contributed by atoms with E-state index < -0.39 is 37.3 Å². The summed E-state index contributed by atoms with van der Waals surface area (Å²) in [4.78, 5) is 0. The van der Waals surface area contributed by atoms with Crippen LogP contribution in [-0.2, 0) is 4.74 Å². The first-order valence-electron chi connectivity index (χ1n) is 5.34. The topological polar surface area (TPSA) is 102 Å². The summed E-state index contributed by atoms with van der Waals surface area (Å²) in [5, 5.41) is 41.0. The number of nitrogens with one attached hydrogen (secondary N) is 1. The minimum absolute atomic E-state index is 0.332. The van der Waals surface area contributed by atoms with E-state index in [4.69, 9.17) is 9.84 Å². The predicted octanol–water partition coefficient (Wildman–Crippen LogP) is -1.83. The Labute approximate surface area is 94.9 Å². The third kappa shape index (κ3) is 3.13. The molecule has 1 heterocycles. The van der Waals surface area contributed by atoms with Gasteiger partial charge >= 0.3 is 0 Å². The highest BCUT2D eigenvalue weighted by atomic mass is 16.6. The van der Waals surface area contributed by atoms with E-state index in [-0.39, 0.29) is 5.54 Å². The van der Waals surface area contributed by atoms with Crippen LogP contribution in [-0.4, -0.2) is 63.2 Å². The average Bonchev–Trinajstić information content (AvgIpc) is 2.17. The van der Waals surface area contributed by atoms with Crippen molar-refractivity contribution in [1.82, 2.24) is 5.32 Å². The summed E-state index contributed by atoms with van der Waals surface area (Å²) in [6, 6.07) is -0.780. The Balaban J connectivity index is 2.72. The number of hydrogen-bond acceptors (Lipinski definition) is 6. The van der Waals surface area contributed by atoms with Crippen molar-refractivity contribution in [2.45, 2.75) is 57.0 Å². The van der Waals surface area contributed by atoms with Gasteiger partial charge in [-0.2, -0.15) is 0 Å². The predicted molar refractivity (Wildman–Crippen MR) is 56.7 cm³/mol. The Hall–Kier alpha value is -0.240. The van der Waals surface area contributed by atoms with Gasteiger partial charge in [0.05, 0.1) is 12.6 Å². The van der Waals surface area contributed by atoms with Crippen molar-refractivity contribution in [2.24, 2.45) is 0 Å². The molecule has 0 aliphatic carbocycles. The number of aliphatic hydroxyl groups is 4. The van der Waals surface area contributed by atoms with Crippen LogP contribution >= 0.6 is 0 Å². The summed E-state index contributed by atoms with van der Waals surface area (Å²) in [5.74, 6) is 0. The lowest BCUT2D eigenvalue weighted by Gasteiger charge is -2.43. The first kappa shape index (κ1) is 13.8. The number of ether oxygens (including phenoxy) is 1. The molecule has 0 radical (unpaired) electrons.